The van der Waals surface area contributed by atoms with E-state index in [0.717, 1.165) is 35.2 Å². The molecule has 0 atom stereocenters. The molecule has 0 amide bonds. The molecule has 0 aliphatic carbocycles. The molecule has 0 saturated heterocycles. The maximum Gasteiger partial charge on any atom is 0.416 e. The van der Waals surface area contributed by atoms with E-state index in [-0.39, 0.29) is 33.7 Å². The number of rotatable bonds is 3. The standard InChI is InChI=1S/C19H12F6N6/c20-18(21,22)10-3-1-5-12(7-10)28-17-14-15(26)31(9-27-16(14)29-30-17)13-6-2-4-11(8-13)19(23,24)25/h1-9,26H,(H2,28,29,30). The van der Waals surface area contributed by atoms with Gasteiger partial charge in [-0.25, -0.2) is 4.98 Å². The Bertz CT molecular complexity index is 1320. The van der Waals surface area contributed by atoms with Gasteiger partial charge in [-0.05, 0) is 36.4 Å². The Hall–Kier alpha value is -3.83. The summed E-state index contributed by atoms with van der Waals surface area (Å²) in [6.07, 6.45) is -7.96. The van der Waals surface area contributed by atoms with Crippen molar-refractivity contribution < 1.29 is 26.3 Å². The van der Waals surface area contributed by atoms with Gasteiger partial charge in [0.25, 0.3) is 0 Å². The first-order valence-electron chi connectivity index (χ1n) is 8.66. The number of alkyl halides is 6. The van der Waals surface area contributed by atoms with Crippen LogP contribution in [0, 0.1) is 5.41 Å². The Balaban J connectivity index is 1.78. The lowest BCUT2D eigenvalue weighted by molar-refractivity contribution is -0.138. The van der Waals surface area contributed by atoms with E-state index in [9.17, 15) is 26.3 Å². The van der Waals surface area contributed by atoms with Crippen molar-refractivity contribution in [2.45, 2.75) is 12.4 Å². The quantitative estimate of drug-likeness (QED) is 0.394. The fourth-order valence-corrected chi connectivity index (χ4v) is 2.98. The van der Waals surface area contributed by atoms with Crippen molar-refractivity contribution in [3.05, 3.63) is 71.5 Å². The molecule has 0 bridgehead atoms. The number of nitrogens with one attached hydrogen (secondary N) is 3. The third kappa shape index (κ3) is 3.96. The van der Waals surface area contributed by atoms with Crippen molar-refractivity contribution in [2.75, 3.05) is 5.32 Å². The highest BCUT2D eigenvalue weighted by Crippen LogP contribution is 2.32. The number of anilines is 2. The van der Waals surface area contributed by atoms with Crippen molar-refractivity contribution in [3.8, 4) is 5.69 Å². The molecule has 160 valence electrons. The number of nitrogens with zero attached hydrogens (tertiary/aromatic N) is 3. The summed E-state index contributed by atoms with van der Waals surface area (Å²) in [6, 6.07) is 8.74. The van der Waals surface area contributed by atoms with Gasteiger partial charge >= 0.3 is 12.4 Å². The third-order valence-electron chi connectivity index (χ3n) is 4.43. The highest BCUT2D eigenvalue weighted by Gasteiger charge is 2.31. The summed E-state index contributed by atoms with van der Waals surface area (Å²) in [5, 5.41) is 17.7. The molecule has 3 N–H and O–H groups in total. The molecule has 0 aliphatic heterocycles. The summed E-state index contributed by atoms with van der Waals surface area (Å²) in [7, 11) is 0. The molecule has 0 spiro atoms. The zero-order valence-corrected chi connectivity index (χ0v) is 15.3. The zero-order valence-electron chi connectivity index (χ0n) is 15.3. The van der Waals surface area contributed by atoms with Crippen LogP contribution >= 0.6 is 0 Å². The predicted octanol–water partition coefficient (Wildman–Crippen LogP) is 5.01. The lowest BCUT2D eigenvalue weighted by Gasteiger charge is -2.12. The van der Waals surface area contributed by atoms with E-state index in [1.807, 2.05) is 0 Å². The summed E-state index contributed by atoms with van der Waals surface area (Å²) in [4.78, 5) is 4.03. The Labute approximate surface area is 169 Å². The normalized spacial score (nSPS) is 12.3. The van der Waals surface area contributed by atoms with Crippen LogP contribution in [0.3, 0.4) is 0 Å². The maximum absolute atomic E-state index is 13.0. The highest BCUT2D eigenvalue weighted by atomic mass is 19.4. The molecule has 6 nitrogen and oxygen atoms in total. The second-order valence-electron chi connectivity index (χ2n) is 6.51. The zero-order chi connectivity index (χ0) is 22.4. The minimum Gasteiger partial charge on any atom is -0.340 e. The molecule has 12 heteroatoms. The van der Waals surface area contributed by atoms with Crippen LogP contribution < -0.4 is 10.8 Å². The van der Waals surface area contributed by atoms with Crippen LogP contribution in [0.1, 0.15) is 11.1 Å². The lowest BCUT2D eigenvalue weighted by atomic mass is 10.2. The molecule has 0 aliphatic rings. The largest absolute Gasteiger partial charge is 0.416 e. The van der Waals surface area contributed by atoms with Crippen LogP contribution in [-0.2, 0) is 12.4 Å². The van der Waals surface area contributed by atoms with Gasteiger partial charge in [0.15, 0.2) is 5.65 Å². The SMILES string of the molecule is N=c1c2c(Nc3cccc(C(F)(F)F)c3)[nH]nc2ncn1-c1cccc(C(F)(F)F)c1. The molecular formula is C19H12F6N6. The van der Waals surface area contributed by atoms with Gasteiger partial charge in [0, 0.05) is 11.4 Å². The maximum atomic E-state index is 13.0. The van der Waals surface area contributed by atoms with Gasteiger partial charge in [0.1, 0.15) is 23.0 Å². The molecular weight excluding hydrogens is 426 g/mol. The van der Waals surface area contributed by atoms with E-state index in [1.54, 1.807) is 0 Å². The minimum absolute atomic E-state index is 0.0421. The first-order chi connectivity index (χ1) is 14.5. The Morgan fingerprint density at radius 1 is 0.903 bits per heavy atom. The smallest absolute Gasteiger partial charge is 0.340 e. The van der Waals surface area contributed by atoms with E-state index < -0.39 is 23.5 Å². The van der Waals surface area contributed by atoms with Crippen molar-refractivity contribution in [3.63, 3.8) is 0 Å². The van der Waals surface area contributed by atoms with Crippen LogP contribution in [0.4, 0.5) is 37.8 Å². The monoisotopic (exact) mass is 438 g/mol. The van der Waals surface area contributed by atoms with E-state index in [4.69, 9.17) is 5.41 Å². The number of hydrogen-bond acceptors (Lipinski definition) is 4. The Morgan fingerprint density at radius 3 is 2.23 bits per heavy atom. The van der Waals surface area contributed by atoms with Gasteiger partial charge < -0.3 is 5.32 Å². The van der Waals surface area contributed by atoms with Crippen LogP contribution in [0.25, 0.3) is 16.7 Å². The summed E-state index contributed by atoms with van der Waals surface area (Å²) in [5.41, 5.74) is -1.83. The average Bonchev–Trinajstić information content (AvgIpc) is 3.11. The van der Waals surface area contributed by atoms with Gasteiger partial charge in [0.05, 0.1) is 11.1 Å². The third-order valence-corrected chi connectivity index (χ3v) is 4.43. The van der Waals surface area contributed by atoms with Gasteiger partial charge in [-0.3, -0.25) is 15.1 Å². The molecule has 2 heterocycles. The molecule has 31 heavy (non-hydrogen) atoms. The van der Waals surface area contributed by atoms with E-state index in [1.165, 1.54) is 24.3 Å². The van der Waals surface area contributed by atoms with Crippen molar-refractivity contribution in [2.24, 2.45) is 0 Å². The molecule has 4 aromatic rings. The average molecular weight is 438 g/mol. The molecule has 0 unspecified atom stereocenters. The van der Waals surface area contributed by atoms with Crippen LogP contribution in [-0.4, -0.2) is 19.7 Å². The molecule has 2 aromatic heterocycles. The molecule has 0 radical (unpaired) electrons. The highest BCUT2D eigenvalue weighted by molar-refractivity contribution is 5.88. The second-order valence-corrected chi connectivity index (χ2v) is 6.51. The number of fused-ring (bicyclic) bond motifs is 1. The van der Waals surface area contributed by atoms with Gasteiger partial charge in [-0.1, -0.05) is 12.1 Å². The number of aromatic amines is 1. The summed E-state index contributed by atoms with van der Waals surface area (Å²) >= 11 is 0. The van der Waals surface area contributed by atoms with Crippen molar-refractivity contribution in [1.82, 2.24) is 19.7 Å². The van der Waals surface area contributed by atoms with E-state index in [2.05, 4.69) is 20.5 Å². The first kappa shape index (κ1) is 20.4. The lowest BCUT2D eigenvalue weighted by Crippen LogP contribution is -2.20. The van der Waals surface area contributed by atoms with Crippen LogP contribution in [0.5, 0.6) is 0 Å². The number of hydrogen-bond donors (Lipinski definition) is 3. The topological polar surface area (TPSA) is 82.4 Å². The second kappa shape index (κ2) is 7.15. The Morgan fingerprint density at radius 2 is 1.55 bits per heavy atom. The number of benzene rings is 2. The number of H-pyrrole nitrogens is 1. The molecule has 0 fully saturated rings. The Kier molecular flexibility index (Phi) is 4.71. The summed E-state index contributed by atoms with van der Waals surface area (Å²) in [6.45, 7) is 0. The van der Waals surface area contributed by atoms with Crippen molar-refractivity contribution in [1.29, 1.82) is 5.41 Å². The van der Waals surface area contributed by atoms with Gasteiger partial charge in [0.2, 0.25) is 0 Å². The van der Waals surface area contributed by atoms with Crippen molar-refractivity contribution >= 4 is 22.5 Å². The molecule has 4 rings (SSSR count). The predicted molar refractivity (Wildman–Crippen MR) is 98.8 cm³/mol. The fourth-order valence-electron chi connectivity index (χ4n) is 2.98. The first-order valence-corrected chi connectivity index (χ1v) is 8.66. The summed E-state index contributed by atoms with van der Waals surface area (Å²) in [5.74, 6) is 0.0770. The summed E-state index contributed by atoms with van der Waals surface area (Å²) < 4.78 is 79.1. The molecule has 2 aromatic carbocycles. The van der Waals surface area contributed by atoms with E-state index >= 15 is 0 Å². The number of aromatic nitrogens is 4. The minimum atomic E-state index is -4.57. The van der Waals surface area contributed by atoms with Gasteiger partial charge in [-0.15, -0.1) is 0 Å². The number of halogens is 6. The van der Waals surface area contributed by atoms with E-state index in [0.29, 0.717) is 0 Å². The molecule has 0 saturated carbocycles. The van der Waals surface area contributed by atoms with Crippen LogP contribution in [0.2, 0.25) is 0 Å². The fraction of sp³-hybridized carbons (Fsp3) is 0.105. The van der Waals surface area contributed by atoms with Gasteiger partial charge in [-0.2, -0.15) is 31.4 Å². The van der Waals surface area contributed by atoms with Crippen LogP contribution in [0.15, 0.2) is 54.9 Å².